The van der Waals surface area contributed by atoms with Crippen molar-refractivity contribution in [1.29, 1.82) is 0 Å². The summed E-state index contributed by atoms with van der Waals surface area (Å²) in [6, 6.07) is 5.66. The molecule has 246 valence electrons. The van der Waals surface area contributed by atoms with E-state index in [1.54, 1.807) is 0 Å². The van der Waals surface area contributed by atoms with E-state index in [1.807, 2.05) is 6.92 Å². The number of allylic oxidation sites excluding steroid dienone is 4. The average molecular weight is 635 g/mol. The number of fused-ring (bicyclic) bond motifs is 3. The molecule has 0 saturated carbocycles. The molecule has 0 spiro atoms. The highest BCUT2D eigenvalue weighted by Gasteiger charge is 2.45. The molecule has 3 aliphatic rings. The van der Waals surface area contributed by atoms with Crippen molar-refractivity contribution in [2.24, 2.45) is 0 Å². The molecule has 0 bridgehead atoms. The average Bonchev–Trinajstić information content (AvgIpc) is 3.34. The summed E-state index contributed by atoms with van der Waals surface area (Å²) < 4.78 is 17.8. The first-order valence-corrected chi connectivity index (χ1v) is 15.7. The molecule has 1 saturated heterocycles. The lowest BCUT2D eigenvalue weighted by Gasteiger charge is -2.41. The summed E-state index contributed by atoms with van der Waals surface area (Å²) in [6.45, 7) is 9.54. The van der Waals surface area contributed by atoms with E-state index in [9.17, 15) is 29.7 Å². The number of morpholine rings is 1. The highest BCUT2D eigenvalue weighted by atomic mass is 16.6. The lowest BCUT2D eigenvalue weighted by Crippen LogP contribution is -2.49. The molecular weight excluding hydrogens is 592 g/mol. The molecule has 2 atom stereocenters. The first-order valence-electron chi connectivity index (χ1n) is 15.7. The number of carbonyl (C=O) groups excluding carboxylic acids is 2. The van der Waals surface area contributed by atoms with Gasteiger partial charge in [-0.3, -0.25) is 4.79 Å². The number of nitrogens with zero attached hydrogens (tertiary/aromatic N) is 2. The Balaban J connectivity index is 1.48. The maximum absolute atomic E-state index is 13.8. The number of carbonyl (C=O) groups is 3. The third kappa shape index (κ3) is 6.75. The summed E-state index contributed by atoms with van der Waals surface area (Å²) in [7, 11) is 0. The SMILES string of the molecule is CC(C)=CCC/C(C)=C/CC[C@@]1(C)Oc2c(c(OC(=O)N3CCOCC3)cc3c2CN(c2cccc(C(=O)O)c2O)C3=O)C[C@@H]1O. The predicted molar refractivity (Wildman–Crippen MR) is 171 cm³/mol. The highest BCUT2D eigenvalue weighted by Crippen LogP contribution is 2.48. The second kappa shape index (κ2) is 13.6. The number of carboxylic acids is 1. The van der Waals surface area contributed by atoms with E-state index in [-0.39, 0.29) is 35.5 Å². The number of aromatic hydroxyl groups is 1. The summed E-state index contributed by atoms with van der Waals surface area (Å²) in [5, 5.41) is 31.7. The van der Waals surface area contributed by atoms with Crippen molar-refractivity contribution in [2.45, 2.75) is 78.0 Å². The molecule has 0 aliphatic carbocycles. The zero-order chi connectivity index (χ0) is 33.2. The summed E-state index contributed by atoms with van der Waals surface area (Å²) in [5.41, 5.74) is 2.41. The van der Waals surface area contributed by atoms with Crippen LogP contribution in [0.1, 0.15) is 85.2 Å². The van der Waals surface area contributed by atoms with Gasteiger partial charge in [-0.1, -0.05) is 29.4 Å². The van der Waals surface area contributed by atoms with E-state index in [4.69, 9.17) is 14.2 Å². The number of carboxylic acid groups (broad SMARTS) is 1. The second-order valence-corrected chi connectivity index (χ2v) is 12.6. The largest absolute Gasteiger partial charge is 0.505 e. The number of aromatic carboxylic acids is 1. The molecule has 1 fully saturated rings. The normalized spacial score (nSPS) is 20.9. The maximum atomic E-state index is 13.8. The van der Waals surface area contributed by atoms with Gasteiger partial charge >= 0.3 is 12.1 Å². The van der Waals surface area contributed by atoms with Gasteiger partial charge in [-0.05, 0) is 71.6 Å². The van der Waals surface area contributed by atoms with Crippen molar-refractivity contribution < 1.29 is 43.9 Å². The quantitative estimate of drug-likeness (QED) is 0.300. The molecule has 3 heterocycles. The van der Waals surface area contributed by atoms with Crippen LogP contribution in [-0.4, -0.2) is 76.2 Å². The maximum Gasteiger partial charge on any atom is 0.415 e. The smallest absolute Gasteiger partial charge is 0.415 e. The van der Waals surface area contributed by atoms with E-state index in [2.05, 4.69) is 32.9 Å². The van der Waals surface area contributed by atoms with Gasteiger partial charge in [0.2, 0.25) is 0 Å². The van der Waals surface area contributed by atoms with E-state index < -0.39 is 35.4 Å². The van der Waals surface area contributed by atoms with Gasteiger partial charge in [-0.25, -0.2) is 9.59 Å². The predicted octanol–water partition coefficient (Wildman–Crippen LogP) is 5.61. The number of hydrogen-bond donors (Lipinski definition) is 3. The van der Waals surface area contributed by atoms with E-state index in [0.717, 1.165) is 12.8 Å². The zero-order valence-electron chi connectivity index (χ0n) is 26.8. The number of anilines is 1. The van der Waals surface area contributed by atoms with Gasteiger partial charge in [0.05, 0.1) is 37.1 Å². The van der Waals surface area contributed by atoms with Crippen molar-refractivity contribution >= 4 is 23.7 Å². The second-order valence-electron chi connectivity index (χ2n) is 12.6. The summed E-state index contributed by atoms with van der Waals surface area (Å²) in [5.74, 6) is -1.90. The first kappa shape index (κ1) is 33.0. The minimum Gasteiger partial charge on any atom is -0.505 e. The summed E-state index contributed by atoms with van der Waals surface area (Å²) in [4.78, 5) is 41.5. The minimum atomic E-state index is -1.33. The fraction of sp³-hybridized carbons (Fsp3) is 0.457. The number of ether oxygens (including phenoxy) is 3. The first-order chi connectivity index (χ1) is 21.9. The molecule has 11 nitrogen and oxygen atoms in total. The number of hydrogen-bond acceptors (Lipinski definition) is 8. The van der Waals surface area contributed by atoms with Crippen molar-refractivity contribution in [2.75, 3.05) is 31.2 Å². The molecule has 0 aromatic heterocycles. The number of aliphatic hydroxyl groups is 1. The van der Waals surface area contributed by atoms with Crippen LogP contribution in [0.2, 0.25) is 0 Å². The Morgan fingerprint density at radius 2 is 1.85 bits per heavy atom. The van der Waals surface area contributed by atoms with Crippen molar-refractivity contribution in [3.8, 4) is 17.2 Å². The minimum absolute atomic E-state index is 0.0135. The lowest BCUT2D eigenvalue weighted by molar-refractivity contribution is -0.0597. The third-order valence-corrected chi connectivity index (χ3v) is 8.90. The Morgan fingerprint density at radius 1 is 1.11 bits per heavy atom. The number of phenols is 1. The van der Waals surface area contributed by atoms with Crippen LogP contribution < -0.4 is 14.4 Å². The molecule has 3 N–H and O–H groups in total. The van der Waals surface area contributed by atoms with Crippen LogP contribution in [0.15, 0.2) is 47.6 Å². The fourth-order valence-corrected chi connectivity index (χ4v) is 6.10. The molecule has 46 heavy (non-hydrogen) atoms. The molecule has 0 radical (unpaired) electrons. The van der Waals surface area contributed by atoms with Crippen LogP contribution in [0.5, 0.6) is 17.2 Å². The van der Waals surface area contributed by atoms with Crippen LogP contribution in [0.25, 0.3) is 0 Å². The molecular formula is C35H42N2O9. The third-order valence-electron chi connectivity index (χ3n) is 8.90. The van der Waals surface area contributed by atoms with Crippen LogP contribution in [-0.2, 0) is 17.7 Å². The van der Waals surface area contributed by atoms with Gasteiger partial charge in [0, 0.05) is 30.6 Å². The van der Waals surface area contributed by atoms with Crippen LogP contribution in [0.3, 0.4) is 0 Å². The molecule has 2 aromatic rings. The monoisotopic (exact) mass is 634 g/mol. The van der Waals surface area contributed by atoms with Gasteiger partial charge in [-0.2, -0.15) is 0 Å². The summed E-state index contributed by atoms with van der Waals surface area (Å²) >= 11 is 0. The van der Waals surface area contributed by atoms with E-state index in [1.165, 1.54) is 45.2 Å². The fourth-order valence-electron chi connectivity index (χ4n) is 6.10. The van der Waals surface area contributed by atoms with E-state index in [0.29, 0.717) is 56.0 Å². The Hall–Kier alpha value is -4.35. The lowest BCUT2D eigenvalue weighted by atomic mass is 9.84. The van der Waals surface area contributed by atoms with Crippen LogP contribution in [0.4, 0.5) is 10.5 Å². The topological polar surface area (TPSA) is 146 Å². The van der Waals surface area contributed by atoms with Crippen LogP contribution >= 0.6 is 0 Å². The van der Waals surface area contributed by atoms with Crippen molar-refractivity contribution in [3.05, 3.63) is 69.8 Å². The molecule has 0 unspecified atom stereocenters. The van der Waals surface area contributed by atoms with Gasteiger partial charge < -0.3 is 39.3 Å². The van der Waals surface area contributed by atoms with Crippen LogP contribution in [0, 0.1) is 0 Å². The Kier molecular flexibility index (Phi) is 9.74. The molecule has 2 amide bonds. The highest BCUT2D eigenvalue weighted by molar-refractivity contribution is 6.12. The number of rotatable bonds is 9. The Morgan fingerprint density at radius 3 is 2.54 bits per heavy atom. The number of benzene rings is 2. The Labute approximate surface area is 268 Å². The molecule has 3 aliphatic heterocycles. The Bertz CT molecular complexity index is 1590. The standard InChI is InChI=1S/C35H42N2O9/c1-21(2)8-5-9-22(3)10-7-13-35(4)29(38)19-25-28(45-34(43)36-14-16-44-17-15-36)18-24-26(31(25)46-35)20-37(32(24)40)27-12-6-11-23(30(27)39)33(41)42/h6,8,10-12,18,29,38-39H,5,7,9,13-17,19-20H2,1-4H3,(H,41,42)/b22-10+/t29-,35+/m0/s1. The molecule has 2 aromatic carbocycles. The number of aliphatic hydroxyl groups excluding tert-OH is 1. The number of para-hydroxylation sites is 1. The van der Waals surface area contributed by atoms with Crippen molar-refractivity contribution in [3.63, 3.8) is 0 Å². The van der Waals surface area contributed by atoms with Crippen molar-refractivity contribution in [1.82, 2.24) is 4.90 Å². The summed E-state index contributed by atoms with van der Waals surface area (Å²) in [6.07, 6.45) is 6.02. The molecule has 5 rings (SSSR count). The van der Waals surface area contributed by atoms with E-state index >= 15 is 0 Å². The van der Waals surface area contributed by atoms with Gasteiger partial charge in [0.25, 0.3) is 5.91 Å². The zero-order valence-corrected chi connectivity index (χ0v) is 26.8. The number of amides is 2. The van der Waals surface area contributed by atoms with Gasteiger partial charge in [0.1, 0.15) is 22.7 Å². The van der Waals surface area contributed by atoms with Gasteiger partial charge in [0.15, 0.2) is 5.75 Å². The van der Waals surface area contributed by atoms with Gasteiger partial charge in [-0.15, -0.1) is 0 Å². The molecule has 11 heteroatoms.